The van der Waals surface area contributed by atoms with Gasteiger partial charge in [0.2, 0.25) is 0 Å². The highest BCUT2D eigenvalue weighted by atomic mass is 32.2. The molecule has 0 rings (SSSR count). The highest BCUT2D eigenvalue weighted by molar-refractivity contribution is 8.13. The number of thioether (sulfide) groups is 2. The van der Waals surface area contributed by atoms with E-state index in [-0.39, 0.29) is 36.9 Å². The average Bonchev–Trinajstić information content (AvgIpc) is 3.00. The van der Waals surface area contributed by atoms with E-state index in [9.17, 15) is 28.8 Å². The van der Waals surface area contributed by atoms with Crippen molar-refractivity contribution in [2.75, 3.05) is 37.9 Å². The van der Waals surface area contributed by atoms with Gasteiger partial charge in [-0.15, -0.1) is 0 Å². The van der Waals surface area contributed by atoms with Crippen LogP contribution in [0, 0.1) is 0 Å². The number of unbranched alkanes of at least 4 members (excludes halogenated alkanes) is 5. The normalized spacial score (nSPS) is 10.9. The molecule has 0 atom stereocenters. The van der Waals surface area contributed by atoms with Crippen LogP contribution in [0.2, 0.25) is 0 Å². The first-order valence-electron chi connectivity index (χ1n) is 13.9. The Morgan fingerprint density at radius 1 is 0.523 bits per heavy atom. The molecule has 0 fully saturated rings. The molecule has 0 bridgehead atoms. The monoisotopic (exact) mass is 656 g/mol. The van der Waals surface area contributed by atoms with Crippen LogP contribution < -0.4 is 10.6 Å². The third-order valence-electron chi connectivity index (χ3n) is 5.61. The third kappa shape index (κ3) is 20.4. The Morgan fingerprint density at radius 2 is 0.773 bits per heavy atom. The second kappa shape index (κ2) is 22.9. The summed E-state index contributed by atoms with van der Waals surface area (Å²) in [5.41, 5.74) is -2.24. The van der Waals surface area contributed by atoms with E-state index in [2.05, 4.69) is 36.9 Å². The number of carbonyl (C=O) groups excluding carboxylic acids is 6. The van der Waals surface area contributed by atoms with Crippen LogP contribution in [0.1, 0.15) is 52.4 Å². The van der Waals surface area contributed by atoms with Crippen molar-refractivity contribution < 1.29 is 47.7 Å². The number of rotatable bonds is 23. The molecule has 0 saturated carbocycles. The lowest BCUT2D eigenvalue weighted by atomic mass is 10.1. The lowest BCUT2D eigenvalue weighted by molar-refractivity contribution is -0.145. The second-order valence-electron chi connectivity index (χ2n) is 10.0. The Labute approximate surface area is 267 Å². The van der Waals surface area contributed by atoms with Crippen LogP contribution in [-0.2, 0) is 38.1 Å². The van der Waals surface area contributed by atoms with E-state index in [0.717, 1.165) is 86.4 Å². The van der Waals surface area contributed by atoms with E-state index in [1.54, 1.807) is 13.8 Å². The molecular weight excluding hydrogens is 612 g/mol. The summed E-state index contributed by atoms with van der Waals surface area (Å²) in [4.78, 5) is 70.6. The van der Waals surface area contributed by atoms with Gasteiger partial charge < -0.3 is 29.6 Å². The van der Waals surface area contributed by atoms with Gasteiger partial charge in [-0.2, -0.15) is 0 Å². The van der Waals surface area contributed by atoms with E-state index in [0.29, 0.717) is 11.5 Å². The molecule has 0 aromatic heterocycles. The number of nitrogens with one attached hydrogen (secondary N) is 2. The lowest BCUT2D eigenvalue weighted by Crippen LogP contribution is -2.52. The second-order valence-corrected chi connectivity index (χ2v) is 12.1. The molecule has 0 unspecified atom stereocenters. The number of hydrogen-bond donors (Lipinski definition) is 2. The van der Waals surface area contributed by atoms with E-state index in [1.807, 2.05) is 0 Å². The predicted octanol–water partition coefficient (Wildman–Crippen LogP) is 4.65. The number of ether oxygens (including phenoxy) is 4. The molecule has 0 saturated heterocycles. The molecule has 0 radical (unpaired) electrons. The maximum absolute atomic E-state index is 12.4. The van der Waals surface area contributed by atoms with Crippen LogP contribution in [0.25, 0.3) is 0 Å². The first-order chi connectivity index (χ1) is 20.8. The Bertz CT molecular complexity index is 903. The fourth-order valence-electron chi connectivity index (χ4n) is 3.19. The topological polar surface area (TPSA) is 163 Å². The van der Waals surface area contributed by atoms with Crippen LogP contribution in [0.4, 0.5) is 9.59 Å². The van der Waals surface area contributed by atoms with Crippen molar-refractivity contribution in [3.8, 4) is 0 Å². The van der Waals surface area contributed by atoms with Gasteiger partial charge in [-0.1, -0.05) is 75.5 Å². The quantitative estimate of drug-likeness (QED) is 0.0679. The van der Waals surface area contributed by atoms with Crippen molar-refractivity contribution in [3.05, 3.63) is 50.6 Å². The summed E-state index contributed by atoms with van der Waals surface area (Å²) in [7, 11) is 0. The van der Waals surface area contributed by atoms with Gasteiger partial charge in [0.15, 0.2) is 0 Å². The Kier molecular flexibility index (Phi) is 21.1. The SMILES string of the molecule is C=CC(=O)OCC(C)(COC(=O)C=C)NC(=O)SCCCCCCCCSC(=O)NC(C)(COC(=O)C=C)COC(=O)C=C. The molecule has 2 N–H and O–H groups in total. The highest BCUT2D eigenvalue weighted by Crippen LogP contribution is 2.16. The van der Waals surface area contributed by atoms with Crippen molar-refractivity contribution in [2.45, 2.75) is 63.5 Å². The zero-order valence-corrected chi connectivity index (χ0v) is 27.2. The van der Waals surface area contributed by atoms with Gasteiger partial charge in [0, 0.05) is 35.8 Å². The van der Waals surface area contributed by atoms with Gasteiger partial charge in [0.25, 0.3) is 10.5 Å². The standard InChI is InChI=1S/C30H44N2O10S2/c1-7-23(33)39-19-29(5,20-40-24(34)8-2)31-27(37)43-17-15-13-11-12-14-16-18-44-28(38)32-30(6,21-41-25(35)9-3)22-42-26(36)10-4/h7-10H,1-4,11-22H2,5-6H3,(H,31,37)(H,32,38). The van der Waals surface area contributed by atoms with Gasteiger partial charge in [-0.3, -0.25) is 9.59 Å². The molecule has 44 heavy (non-hydrogen) atoms. The van der Waals surface area contributed by atoms with Gasteiger partial charge in [0.1, 0.15) is 37.5 Å². The molecule has 2 amide bonds. The Balaban J connectivity index is 4.31. The molecule has 12 nitrogen and oxygen atoms in total. The van der Waals surface area contributed by atoms with Crippen molar-refractivity contribution >= 4 is 57.9 Å². The van der Waals surface area contributed by atoms with E-state index >= 15 is 0 Å². The predicted molar refractivity (Wildman–Crippen MR) is 171 cm³/mol. The molecule has 246 valence electrons. The van der Waals surface area contributed by atoms with Gasteiger partial charge >= 0.3 is 23.9 Å². The molecule has 0 aliphatic carbocycles. The Hall–Kier alpha value is -3.52. The molecule has 0 aromatic rings. The smallest absolute Gasteiger partial charge is 0.330 e. The van der Waals surface area contributed by atoms with Crippen LogP contribution in [-0.4, -0.2) is 83.4 Å². The highest BCUT2D eigenvalue weighted by Gasteiger charge is 2.31. The van der Waals surface area contributed by atoms with Gasteiger partial charge in [-0.25, -0.2) is 19.2 Å². The van der Waals surface area contributed by atoms with Crippen molar-refractivity contribution in [3.63, 3.8) is 0 Å². The van der Waals surface area contributed by atoms with Crippen LogP contribution in [0.3, 0.4) is 0 Å². The maximum atomic E-state index is 12.4. The van der Waals surface area contributed by atoms with Crippen LogP contribution in [0.5, 0.6) is 0 Å². The first-order valence-corrected chi connectivity index (χ1v) is 15.9. The van der Waals surface area contributed by atoms with E-state index in [4.69, 9.17) is 18.9 Å². The van der Waals surface area contributed by atoms with E-state index < -0.39 is 35.0 Å². The number of hydrogen-bond acceptors (Lipinski definition) is 12. The fourth-order valence-corrected chi connectivity index (χ4v) is 4.90. The summed E-state index contributed by atoms with van der Waals surface area (Å²) < 4.78 is 20.2. The summed E-state index contributed by atoms with van der Waals surface area (Å²) >= 11 is 2.18. The summed E-state index contributed by atoms with van der Waals surface area (Å²) in [6, 6.07) is 0. The summed E-state index contributed by atoms with van der Waals surface area (Å²) in [6.45, 7) is 15.7. The van der Waals surface area contributed by atoms with Crippen LogP contribution in [0.15, 0.2) is 50.6 Å². The summed E-state index contributed by atoms with van der Waals surface area (Å²) in [6.07, 6.45) is 9.40. The van der Waals surface area contributed by atoms with Crippen LogP contribution >= 0.6 is 23.5 Å². The zero-order chi connectivity index (χ0) is 33.4. The number of esters is 4. The summed E-state index contributed by atoms with van der Waals surface area (Å²) in [5.74, 6) is -1.48. The molecule has 0 heterocycles. The Morgan fingerprint density at radius 3 is 1.02 bits per heavy atom. The third-order valence-corrected chi connectivity index (χ3v) is 7.33. The number of amides is 2. The van der Waals surface area contributed by atoms with Gasteiger partial charge in [-0.05, 0) is 26.7 Å². The minimum atomic E-state index is -1.12. The minimum absolute atomic E-state index is 0.204. The lowest BCUT2D eigenvalue weighted by Gasteiger charge is -2.29. The minimum Gasteiger partial charge on any atom is -0.460 e. The molecule has 0 aromatic carbocycles. The molecule has 0 aliphatic heterocycles. The molecule has 14 heteroatoms. The van der Waals surface area contributed by atoms with Crippen molar-refractivity contribution in [1.29, 1.82) is 0 Å². The fraction of sp³-hybridized carbons (Fsp3) is 0.533. The molecular formula is C30H44N2O10S2. The zero-order valence-electron chi connectivity index (χ0n) is 25.5. The maximum Gasteiger partial charge on any atom is 0.330 e. The number of carbonyl (C=O) groups is 6. The average molecular weight is 657 g/mol. The van der Waals surface area contributed by atoms with Crippen molar-refractivity contribution in [1.82, 2.24) is 10.6 Å². The first kappa shape index (κ1) is 40.5. The van der Waals surface area contributed by atoms with Crippen molar-refractivity contribution in [2.24, 2.45) is 0 Å². The van der Waals surface area contributed by atoms with Gasteiger partial charge in [0.05, 0.1) is 0 Å². The van der Waals surface area contributed by atoms with E-state index in [1.165, 1.54) is 0 Å². The largest absolute Gasteiger partial charge is 0.460 e. The molecule has 0 spiro atoms. The summed E-state index contributed by atoms with van der Waals surface area (Å²) in [5, 5.41) is 4.82. The molecule has 0 aliphatic rings.